The van der Waals surface area contributed by atoms with E-state index in [0.717, 1.165) is 24.3 Å². The molecule has 3 N–H and O–H groups in total. The predicted molar refractivity (Wildman–Crippen MR) is 121 cm³/mol. The number of nitrogens with one attached hydrogen (secondary N) is 1. The third-order valence-corrected chi connectivity index (χ3v) is 4.93. The van der Waals surface area contributed by atoms with Gasteiger partial charge < -0.3 is 20.9 Å². The smallest absolute Gasteiger partial charge is 0.242 e. The normalized spacial score (nSPS) is 14.3. The third kappa shape index (κ3) is 6.78. The molecule has 2 aromatic carbocycles. The minimum atomic E-state index is -0.777. The number of nitrogens with two attached hydrogens (primary N) is 1. The molecule has 3 rings (SSSR count). The molecule has 29 heavy (non-hydrogen) atoms. The Morgan fingerprint density at radius 1 is 0.966 bits per heavy atom. The molecule has 2 aromatic rings. The number of piperazine rings is 1. The summed E-state index contributed by atoms with van der Waals surface area (Å²) in [4.78, 5) is 28.5. The fourth-order valence-electron chi connectivity index (χ4n) is 3.06. The van der Waals surface area contributed by atoms with Gasteiger partial charge in [0.15, 0.2) is 0 Å². The molecule has 0 spiro atoms. The SMILES string of the molecule is Cl.Cl.NC(C(=O)NCC(=O)N1CCN(c2ccc(Cl)cc2)CC1)c1ccccc1. The van der Waals surface area contributed by atoms with Gasteiger partial charge in [0.1, 0.15) is 6.04 Å². The van der Waals surface area contributed by atoms with E-state index < -0.39 is 6.04 Å². The van der Waals surface area contributed by atoms with Crippen LogP contribution in [0.3, 0.4) is 0 Å². The molecule has 0 bridgehead atoms. The van der Waals surface area contributed by atoms with Gasteiger partial charge in [-0.3, -0.25) is 9.59 Å². The molecule has 0 aliphatic carbocycles. The number of carbonyl (C=O) groups excluding carboxylic acids is 2. The van der Waals surface area contributed by atoms with Crippen molar-refractivity contribution in [2.75, 3.05) is 37.6 Å². The molecule has 0 radical (unpaired) electrons. The Bertz CT molecular complexity index is 782. The molecule has 1 atom stereocenters. The molecule has 1 fully saturated rings. The van der Waals surface area contributed by atoms with Crippen LogP contribution in [0.5, 0.6) is 0 Å². The number of amides is 2. The average Bonchev–Trinajstić information content (AvgIpc) is 2.72. The lowest BCUT2D eigenvalue weighted by atomic mass is 10.1. The molecule has 1 heterocycles. The van der Waals surface area contributed by atoms with E-state index in [1.807, 2.05) is 42.5 Å². The van der Waals surface area contributed by atoms with Gasteiger partial charge in [0.25, 0.3) is 0 Å². The van der Waals surface area contributed by atoms with E-state index in [9.17, 15) is 9.59 Å². The Balaban J connectivity index is 0.00000210. The molecule has 158 valence electrons. The van der Waals surface area contributed by atoms with Crippen molar-refractivity contribution in [3.05, 3.63) is 65.2 Å². The van der Waals surface area contributed by atoms with Gasteiger partial charge >= 0.3 is 0 Å². The Hall–Kier alpha value is -1.99. The molecule has 0 saturated carbocycles. The summed E-state index contributed by atoms with van der Waals surface area (Å²) in [5.41, 5.74) is 7.76. The summed E-state index contributed by atoms with van der Waals surface area (Å²) in [5, 5.41) is 3.35. The summed E-state index contributed by atoms with van der Waals surface area (Å²) >= 11 is 5.92. The second-order valence-electron chi connectivity index (χ2n) is 6.45. The van der Waals surface area contributed by atoms with E-state index in [1.165, 1.54) is 0 Å². The van der Waals surface area contributed by atoms with Crippen molar-refractivity contribution in [1.29, 1.82) is 0 Å². The van der Waals surface area contributed by atoms with Crippen molar-refractivity contribution < 1.29 is 9.59 Å². The number of carbonyl (C=O) groups is 2. The van der Waals surface area contributed by atoms with Crippen molar-refractivity contribution in [1.82, 2.24) is 10.2 Å². The Morgan fingerprint density at radius 3 is 2.14 bits per heavy atom. The first-order chi connectivity index (χ1) is 13.0. The van der Waals surface area contributed by atoms with Gasteiger partial charge in [-0.25, -0.2) is 0 Å². The highest BCUT2D eigenvalue weighted by molar-refractivity contribution is 6.30. The lowest BCUT2D eigenvalue weighted by molar-refractivity contribution is -0.133. The van der Waals surface area contributed by atoms with Crippen LogP contribution in [-0.2, 0) is 9.59 Å². The molecular formula is C20H25Cl3N4O2. The second-order valence-corrected chi connectivity index (χ2v) is 6.89. The van der Waals surface area contributed by atoms with E-state index in [1.54, 1.807) is 17.0 Å². The number of nitrogens with zero attached hydrogens (tertiary/aromatic N) is 2. The quantitative estimate of drug-likeness (QED) is 0.720. The van der Waals surface area contributed by atoms with E-state index in [-0.39, 0.29) is 43.2 Å². The monoisotopic (exact) mass is 458 g/mol. The minimum absolute atomic E-state index is 0. The third-order valence-electron chi connectivity index (χ3n) is 4.68. The molecule has 1 aliphatic rings. The van der Waals surface area contributed by atoms with Crippen molar-refractivity contribution in [3.8, 4) is 0 Å². The minimum Gasteiger partial charge on any atom is -0.368 e. The van der Waals surface area contributed by atoms with Crippen molar-refractivity contribution in [2.45, 2.75) is 6.04 Å². The Labute approximate surface area is 188 Å². The van der Waals surface area contributed by atoms with Gasteiger partial charge in [-0.2, -0.15) is 0 Å². The maximum Gasteiger partial charge on any atom is 0.242 e. The largest absolute Gasteiger partial charge is 0.368 e. The molecule has 1 unspecified atom stereocenters. The number of hydrogen-bond donors (Lipinski definition) is 2. The molecule has 2 amide bonds. The molecule has 0 aromatic heterocycles. The van der Waals surface area contributed by atoms with Gasteiger partial charge in [-0.15, -0.1) is 24.8 Å². The van der Waals surface area contributed by atoms with Crippen molar-refractivity contribution >= 4 is 53.9 Å². The molecule has 1 saturated heterocycles. The summed E-state index contributed by atoms with van der Waals surface area (Å²) in [7, 11) is 0. The molecular weight excluding hydrogens is 435 g/mol. The molecule has 9 heteroatoms. The van der Waals surface area contributed by atoms with Crippen LogP contribution in [-0.4, -0.2) is 49.4 Å². The lowest BCUT2D eigenvalue weighted by Gasteiger charge is -2.36. The van der Waals surface area contributed by atoms with Gasteiger partial charge in [-0.05, 0) is 29.8 Å². The van der Waals surface area contributed by atoms with Crippen LogP contribution < -0.4 is 16.0 Å². The zero-order valence-corrected chi connectivity index (χ0v) is 18.2. The van der Waals surface area contributed by atoms with E-state index in [4.69, 9.17) is 17.3 Å². The maximum absolute atomic E-state index is 12.4. The fourth-order valence-corrected chi connectivity index (χ4v) is 3.19. The van der Waals surface area contributed by atoms with E-state index in [0.29, 0.717) is 18.1 Å². The topological polar surface area (TPSA) is 78.7 Å². The van der Waals surface area contributed by atoms with Crippen LogP contribution >= 0.6 is 36.4 Å². The van der Waals surface area contributed by atoms with Gasteiger partial charge in [0.05, 0.1) is 6.54 Å². The highest BCUT2D eigenvalue weighted by atomic mass is 35.5. The lowest BCUT2D eigenvalue weighted by Crippen LogP contribution is -2.51. The van der Waals surface area contributed by atoms with E-state index in [2.05, 4.69) is 10.2 Å². The first-order valence-electron chi connectivity index (χ1n) is 8.91. The van der Waals surface area contributed by atoms with Crippen molar-refractivity contribution in [2.24, 2.45) is 5.73 Å². The summed E-state index contributed by atoms with van der Waals surface area (Å²) in [6.45, 7) is 2.67. The van der Waals surface area contributed by atoms with Crippen molar-refractivity contribution in [3.63, 3.8) is 0 Å². The van der Waals surface area contributed by atoms with Crippen LogP contribution in [0.15, 0.2) is 54.6 Å². The highest BCUT2D eigenvalue weighted by Crippen LogP contribution is 2.19. The second kappa shape index (κ2) is 11.9. The number of benzene rings is 2. The first kappa shape index (κ1) is 25.0. The summed E-state index contributed by atoms with van der Waals surface area (Å²) < 4.78 is 0. The zero-order chi connectivity index (χ0) is 19.2. The van der Waals surface area contributed by atoms with Crippen LogP contribution in [0.25, 0.3) is 0 Å². The number of hydrogen-bond acceptors (Lipinski definition) is 4. The number of rotatable bonds is 5. The zero-order valence-electron chi connectivity index (χ0n) is 15.8. The summed E-state index contributed by atoms with van der Waals surface area (Å²) in [6.07, 6.45) is 0. The molecule has 6 nitrogen and oxygen atoms in total. The highest BCUT2D eigenvalue weighted by Gasteiger charge is 2.22. The van der Waals surface area contributed by atoms with Crippen LogP contribution in [0, 0.1) is 0 Å². The maximum atomic E-state index is 12.4. The number of halogens is 3. The molecule has 1 aliphatic heterocycles. The predicted octanol–water partition coefficient (Wildman–Crippen LogP) is 2.65. The van der Waals surface area contributed by atoms with Gasteiger partial charge in [0, 0.05) is 36.9 Å². The standard InChI is InChI=1S/C20H23ClN4O2.2ClH/c21-16-6-8-17(9-7-16)24-10-12-25(13-11-24)18(26)14-23-20(27)19(22)15-4-2-1-3-5-15;;/h1-9,19H,10-14,22H2,(H,23,27);2*1H. The van der Waals surface area contributed by atoms with Gasteiger partial charge in [-0.1, -0.05) is 41.9 Å². The Morgan fingerprint density at radius 2 is 1.55 bits per heavy atom. The van der Waals surface area contributed by atoms with Crippen LogP contribution in [0.2, 0.25) is 5.02 Å². The fraction of sp³-hybridized carbons (Fsp3) is 0.300. The summed E-state index contributed by atoms with van der Waals surface area (Å²) in [6, 6.07) is 16.0. The van der Waals surface area contributed by atoms with Crippen LogP contribution in [0.1, 0.15) is 11.6 Å². The summed E-state index contributed by atoms with van der Waals surface area (Å²) in [5.74, 6) is -0.450. The van der Waals surface area contributed by atoms with E-state index >= 15 is 0 Å². The average molecular weight is 460 g/mol. The van der Waals surface area contributed by atoms with Crippen LogP contribution in [0.4, 0.5) is 5.69 Å². The Kier molecular flexibility index (Phi) is 10.3. The first-order valence-corrected chi connectivity index (χ1v) is 9.29. The number of anilines is 1. The van der Waals surface area contributed by atoms with Gasteiger partial charge in [0.2, 0.25) is 11.8 Å².